The summed E-state index contributed by atoms with van der Waals surface area (Å²) >= 11 is 0. The van der Waals surface area contributed by atoms with Crippen LogP contribution in [0.15, 0.2) is 12.1 Å². The van der Waals surface area contributed by atoms with Crippen LogP contribution in [-0.2, 0) is 4.74 Å². The summed E-state index contributed by atoms with van der Waals surface area (Å²) in [5.74, 6) is 0.953. The summed E-state index contributed by atoms with van der Waals surface area (Å²) in [6, 6.07) is 4.26. The van der Waals surface area contributed by atoms with Crippen LogP contribution < -0.4 is 4.74 Å². The molecule has 0 aromatic heterocycles. The van der Waals surface area contributed by atoms with Crippen molar-refractivity contribution in [2.24, 2.45) is 0 Å². The predicted molar refractivity (Wildman–Crippen MR) is 60.4 cm³/mol. The van der Waals surface area contributed by atoms with E-state index in [2.05, 4.69) is 39.8 Å². The number of epoxide rings is 1. The maximum absolute atomic E-state index is 5.66. The van der Waals surface area contributed by atoms with E-state index in [0.717, 1.165) is 5.75 Å². The van der Waals surface area contributed by atoms with Crippen LogP contribution in [0.25, 0.3) is 0 Å². The second-order valence-corrected chi connectivity index (χ2v) is 4.78. The zero-order chi connectivity index (χ0) is 11.2. The van der Waals surface area contributed by atoms with Crippen molar-refractivity contribution < 1.29 is 9.47 Å². The normalized spacial score (nSPS) is 22.6. The molecule has 2 heteroatoms. The Hall–Kier alpha value is -1.02. The highest BCUT2D eigenvalue weighted by Crippen LogP contribution is 2.50. The zero-order valence-corrected chi connectivity index (χ0v) is 10.0. The molecule has 1 fully saturated rings. The SMILES string of the molecule is COc1cc(C)c(C2OC2(C)C)cc1C. The second-order valence-electron chi connectivity index (χ2n) is 4.78. The number of aryl methyl sites for hydroxylation is 2. The molecule has 0 radical (unpaired) electrons. The Morgan fingerprint density at radius 2 is 1.80 bits per heavy atom. The highest BCUT2D eigenvalue weighted by atomic mass is 16.6. The molecule has 15 heavy (non-hydrogen) atoms. The van der Waals surface area contributed by atoms with Crippen LogP contribution in [0.2, 0.25) is 0 Å². The van der Waals surface area contributed by atoms with Gasteiger partial charge in [0.1, 0.15) is 11.9 Å². The van der Waals surface area contributed by atoms with Gasteiger partial charge in [0.05, 0.1) is 12.7 Å². The molecule has 82 valence electrons. The van der Waals surface area contributed by atoms with Crippen molar-refractivity contribution in [1.29, 1.82) is 0 Å². The van der Waals surface area contributed by atoms with Crippen LogP contribution in [0.5, 0.6) is 5.75 Å². The molecule has 1 heterocycles. The van der Waals surface area contributed by atoms with E-state index in [4.69, 9.17) is 9.47 Å². The maximum Gasteiger partial charge on any atom is 0.122 e. The molecule has 0 saturated carbocycles. The summed E-state index contributed by atoms with van der Waals surface area (Å²) in [5, 5.41) is 0. The monoisotopic (exact) mass is 206 g/mol. The fraction of sp³-hybridized carbons (Fsp3) is 0.538. The molecular weight excluding hydrogens is 188 g/mol. The first-order valence-electron chi connectivity index (χ1n) is 5.28. The summed E-state index contributed by atoms with van der Waals surface area (Å²) in [7, 11) is 1.71. The average Bonchev–Trinajstić information content (AvgIpc) is 2.78. The molecule has 0 spiro atoms. The van der Waals surface area contributed by atoms with E-state index >= 15 is 0 Å². The summed E-state index contributed by atoms with van der Waals surface area (Å²) in [5.41, 5.74) is 3.71. The van der Waals surface area contributed by atoms with Gasteiger partial charge in [0.25, 0.3) is 0 Å². The summed E-state index contributed by atoms with van der Waals surface area (Å²) < 4.78 is 11.0. The van der Waals surface area contributed by atoms with Gasteiger partial charge < -0.3 is 9.47 Å². The van der Waals surface area contributed by atoms with Crippen LogP contribution in [0.3, 0.4) is 0 Å². The highest BCUT2D eigenvalue weighted by molar-refractivity contribution is 5.44. The van der Waals surface area contributed by atoms with Crippen LogP contribution in [0.4, 0.5) is 0 Å². The number of hydrogen-bond acceptors (Lipinski definition) is 2. The maximum atomic E-state index is 5.66. The topological polar surface area (TPSA) is 21.8 Å². The Kier molecular flexibility index (Phi) is 2.27. The van der Waals surface area contributed by atoms with Crippen molar-refractivity contribution in [1.82, 2.24) is 0 Å². The van der Waals surface area contributed by atoms with Gasteiger partial charge in [-0.2, -0.15) is 0 Å². The Morgan fingerprint density at radius 1 is 1.20 bits per heavy atom. The Balaban J connectivity index is 2.38. The lowest BCUT2D eigenvalue weighted by atomic mass is 9.96. The molecule has 1 atom stereocenters. The largest absolute Gasteiger partial charge is 0.496 e. The minimum atomic E-state index is 0.00574. The minimum Gasteiger partial charge on any atom is -0.496 e. The standard InChI is InChI=1S/C13H18O2/c1-8-7-11(14-5)9(2)6-10(8)12-13(3,4)15-12/h6-7,12H,1-5H3. The number of hydrogen-bond donors (Lipinski definition) is 0. The molecular formula is C13H18O2. The van der Waals surface area contributed by atoms with Crippen LogP contribution in [-0.4, -0.2) is 12.7 Å². The first kappa shape index (κ1) is 10.5. The fourth-order valence-electron chi connectivity index (χ4n) is 2.02. The Labute approximate surface area is 91.2 Å². The molecule has 1 aliphatic rings. The van der Waals surface area contributed by atoms with Gasteiger partial charge in [0.2, 0.25) is 0 Å². The van der Waals surface area contributed by atoms with Gasteiger partial charge in [0, 0.05) is 0 Å². The number of benzene rings is 1. The molecule has 0 amide bonds. The van der Waals surface area contributed by atoms with E-state index in [-0.39, 0.29) is 11.7 Å². The lowest BCUT2D eigenvalue weighted by Gasteiger charge is -2.10. The van der Waals surface area contributed by atoms with Crippen molar-refractivity contribution in [3.63, 3.8) is 0 Å². The van der Waals surface area contributed by atoms with Crippen LogP contribution >= 0.6 is 0 Å². The first-order valence-corrected chi connectivity index (χ1v) is 5.28. The number of rotatable bonds is 2. The summed E-state index contributed by atoms with van der Waals surface area (Å²) in [4.78, 5) is 0. The highest BCUT2D eigenvalue weighted by Gasteiger charge is 2.49. The van der Waals surface area contributed by atoms with Gasteiger partial charge in [-0.05, 0) is 56.5 Å². The van der Waals surface area contributed by atoms with Gasteiger partial charge in [-0.3, -0.25) is 0 Å². The van der Waals surface area contributed by atoms with Crippen molar-refractivity contribution >= 4 is 0 Å². The van der Waals surface area contributed by atoms with E-state index in [1.807, 2.05) is 0 Å². The number of ether oxygens (including phenoxy) is 2. The molecule has 1 aliphatic heterocycles. The molecule has 1 aromatic rings. The Bertz CT molecular complexity index is 394. The summed E-state index contributed by atoms with van der Waals surface area (Å²) in [6.45, 7) is 8.42. The molecule has 1 unspecified atom stereocenters. The quantitative estimate of drug-likeness (QED) is 0.693. The van der Waals surface area contributed by atoms with Gasteiger partial charge in [-0.25, -0.2) is 0 Å². The van der Waals surface area contributed by atoms with Crippen molar-refractivity contribution in [2.45, 2.75) is 39.4 Å². The molecule has 0 N–H and O–H groups in total. The van der Waals surface area contributed by atoms with Gasteiger partial charge in [-0.15, -0.1) is 0 Å². The smallest absolute Gasteiger partial charge is 0.122 e. The van der Waals surface area contributed by atoms with Gasteiger partial charge >= 0.3 is 0 Å². The van der Waals surface area contributed by atoms with E-state index in [1.165, 1.54) is 16.7 Å². The third-order valence-corrected chi connectivity index (χ3v) is 3.06. The lowest BCUT2D eigenvalue weighted by Crippen LogP contribution is -2.00. The van der Waals surface area contributed by atoms with Gasteiger partial charge in [-0.1, -0.05) is 0 Å². The molecule has 1 aromatic carbocycles. The second kappa shape index (κ2) is 3.24. The molecule has 0 bridgehead atoms. The molecule has 2 nitrogen and oxygen atoms in total. The average molecular weight is 206 g/mol. The van der Waals surface area contributed by atoms with Crippen LogP contribution in [0, 0.1) is 13.8 Å². The lowest BCUT2D eigenvalue weighted by molar-refractivity contribution is 0.325. The zero-order valence-electron chi connectivity index (χ0n) is 10.0. The third-order valence-electron chi connectivity index (χ3n) is 3.06. The fourth-order valence-corrected chi connectivity index (χ4v) is 2.02. The number of methoxy groups -OCH3 is 1. The van der Waals surface area contributed by atoms with Crippen LogP contribution in [0.1, 0.15) is 36.6 Å². The van der Waals surface area contributed by atoms with E-state index in [9.17, 15) is 0 Å². The molecule has 0 aliphatic carbocycles. The first-order chi connectivity index (χ1) is 6.95. The molecule has 1 saturated heterocycles. The predicted octanol–water partition coefficient (Wildman–Crippen LogP) is 3.16. The van der Waals surface area contributed by atoms with Crippen molar-refractivity contribution in [3.8, 4) is 5.75 Å². The van der Waals surface area contributed by atoms with E-state index in [0.29, 0.717) is 0 Å². The molecule has 2 rings (SSSR count). The third kappa shape index (κ3) is 1.74. The van der Waals surface area contributed by atoms with Crippen molar-refractivity contribution in [3.05, 3.63) is 28.8 Å². The van der Waals surface area contributed by atoms with E-state index in [1.54, 1.807) is 7.11 Å². The summed E-state index contributed by atoms with van der Waals surface area (Å²) in [6.07, 6.45) is 0.252. The van der Waals surface area contributed by atoms with E-state index < -0.39 is 0 Å². The van der Waals surface area contributed by atoms with Crippen molar-refractivity contribution in [2.75, 3.05) is 7.11 Å². The Morgan fingerprint density at radius 3 is 2.27 bits per heavy atom. The van der Waals surface area contributed by atoms with Gasteiger partial charge in [0.15, 0.2) is 0 Å². The minimum absolute atomic E-state index is 0.00574.